The molecule has 86 valence electrons. The van der Waals surface area contributed by atoms with Crippen molar-refractivity contribution in [1.82, 2.24) is 0 Å². The van der Waals surface area contributed by atoms with Crippen LogP contribution in [0.3, 0.4) is 0 Å². The van der Waals surface area contributed by atoms with Crippen LogP contribution in [0, 0.1) is 11.8 Å². The Hall–Kier alpha value is -0.850. The summed E-state index contributed by atoms with van der Waals surface area (Å²) < 4.78 is 0. The third-order valence-corrected chi connectivity index (χ3v) is 4.46. The largest absolute Gasteiger partial charge is 0.282 e. The molecule has 0 radical (unpaired) electrons. The second-order valence-corrected chi connectivity index (χ2v) is 5.52. The van der Waals surface area contributed by atoms with Gasteiger partial charge in [0.2, 0.25) is 0 Å². The van der Waals surface area contributed by atoms with Gasteiger partial charge in [0.25, 0.3) is 0 Å². The molecule has 1 nitrogen and oxygen atoms in total. The Kier molecular flexibility index (Phi) is 2.70. The molecule has 0 bridgehead atoms. The van der Waals surface area contributed by atoms with Crippen molar-refractivity contribution >= 4 is 6.21 Å². The minimum absolute atomic E-state index is 0.171. The molecule has 0 N–H and O–H groups in total. The fourth-order valence-electron chi connectivity index (χ4n) is 3.47. The molecule has 0 aromatic rings. The fourth-order valence-corrected chi connectivity index (χ4v) is 3.47. The summed E-state index contributed by atoms with van der Waals surface area (Å²) in [6, 6.07) is 0. The highest BCUT2D eigenvalue weighted by molar-refractivity contribution is 5.73. The molecule has 2 aliphatic carbocycles. The van der Waals surface area contributed by atoms with Crippen LogP contribution >= 0.6 is 0 Å². The molecule has 0 spiro atoms. The maximum absolute atomic E-state index is 4.94. The third-order valence-electron chi connectivity index (χ3n) is 4.46. The van der Waals surface area contributed by atoms with Crippen molar-refractivity contribution in [3.8, 4) is 0 Å². The predicted octanol–water partition coefficient (Wildman–Crippen LogP) is 3.91. The molecule has 16 heavy (non-hydrogen) atoms. The van der Waals surface area contributed by atoms with Crippen molar-refractivity contribution in [2.24, 2.45) is 16.8 Å². The molecule has 0 amide bonds. The van der Waals surface area contributed by atoms with Gasteiger partial charge in [-0.05, 0) is 43.6 Å². The highest BCUT2D eigenvalue weighted by Crippen LogP contribution is 2.51. The summed E-state index contributed by atoms with van der Waals surface area (Å²) in [5.41, 5.74) is 0.171. The summed E-state index contributed by atoms with van der Waals surface area (Å²) in [7, 11) is 0. The molecule has 1 heterocycles. The normalized spacial score (nSPS) is 35.2. The van der Waals surface area contributed by atoms with Crippen LogP contribution in [0.15, 0.2) is 29.3 Å². The Morgan fingerprint density at radius 1 is 0.812 bits per heavy atom. The van der Waals surface area contributed by atoms with Crippen LogP contribution in [0.1, 0.15) is 44.9 Å². The van der Waals surface area contributed by atoms with Gasteiger partial charge in [0.15, 0.2) is 0 Å². The van der Waals surface area contributed by atoms with Crippen molar-refractivity contribution in [2.75, 3.05) is 0 Å². The molecule has 1 atom stereocenters. The van der Waals surface area contributed by atoms with Crippen LogP contribution in [-0.4, -0.2) is 11.8 Å². The van der Waals surface area contributed by atoms with Crippen LogP contribution in [0.25, 0.3) is 0 Å². The van der Waals surface area contributed by atoms with Gasteiger partial charge in [0.05, 0.1) is 5.54 Å². The van der Waals surface area contributed by atoms with Gasteiger partial charge >= 0.3 is 0 Å². The van der Waals surface area contributed by atoms with Crippen LogP contribution in [0.4, 0.5) is 0 Å². The Balaban J connectivity index is 1.89. The van der Waals surface area contributed by atoms with Gasteiger partial charge in [-0.2, -0.15) is 0 Å². The summed E-state index contributed by atoms with van der Waals surface area (Å²) in [6.45, 7) is 0. The van der Waals surface area contributed by atoms with Crippen molar-refractivity contribution in [2.45, 2.75) is 50.5 Å². The predicted molar refractivity (Wildman–Crippen MR) is 68.8 cm³/mol. The van der Waals surface area contributed by atoms with E-state index in [9.17, 15) is 0 Å². The molecule has 1 unspecified atom stereocenters. The van der Waals surface area contributed by atoms with Crippen LogP contribution < -0.4 is 0 Å². The minimum atomic E-state index is 0.171. The molecule has 2 saturated carbocycles. The van der Waals surface area contributed by atoms with E-state index in [-0.39, 0.29) is 5.54 Å². The van der Waals surface area contributed by atoms with E-state index in [0.717, 1.165) is 11.8 Å². The molecule has 0 aromatic heterocycles. The second kappa shape index (κ2) is 4.20. The summed E-state index contributed by atoms with van der Waals surface area (Å²) >= 11 is 0. The molecular weight excluding hydrogens is 194 g/mol. The van der Waals surface area contributed by atoms with Crippen molar-refractivity contribution in [1.29, 1.82) is 0 Å². The first-order valence-corrected chi connectivity index (χ1v) is 6.81. The number of hydrogen-bond donors (Lipinski definition) is 0. The molecule has 1 aliphatic heterocycles. The molecule has 0 aromatic carbocycles. The van der Waals surface area contributed by atoms with Crippen LogP contribution in [0.5, 0.6) is 0 Å². The molecule has 2 fully saturated rings. The smallest absolute Gasteiger partial charge is 0.0846 e. The zero-order chi connectivity index (χ0) is 10.8. The van der Waals surface area contributed by atoms with Gasteiger partial charge < -0.3 is 0 Å². The molecule has 0 saturated heterocycles. The van der Waals surface area contributed by atoms with Crippen molar-refractivity contribution < 1.29 is 0 Å². The van der Waals surface area contributed by atoms with E-state index in [0.29, 0.717) is 0 Å². The number of aliphatic imine (C=N–C) groups is 1. The summed E-state index contributed by atoms with van der Waals surface area (Å²) in [4.78, 5) is 4.94. The Bertz CT molecular complexity index is 311. The average molecular weight is 215 g/mol. The number of hydrogen-bond acceptors (Lipinski definition) is 1. The third kappa shape index (κ3) is 1.77. The molecule has 1 heteroatoms. The van der Waals surface area contributed by atoms with Crippen molar-refractivity contribution in [3.05, 3.63) is 24.3 Å². The fraction of sp³-hybridized carbons (Fsp3) is 0.667. The highest BCUT2D eigenvalue weighted by Gasteiger charge is 2.48. The Morgan fingerprint density at radius 3 is 2.31 bits per heavy atom. The SMILES string of the molecule is C1=CC=NC(C2CCCCC2)(C2CC2)C=C1. The van der Waals surface area contributed by atoms with E-state index in [1.807, 2.05) is 6.21 Å². The summed E-state index contributed by atoms with van der Waals surface area (Å²) in [5.74, 6) is 1.64. The van der Waals surface area contributed by atoms with Gasteiger partial charge in [-0.15, -0.1) is 0 Å². The molecule has 3 aliphatic rings. The Morgan fingerprint density at radius 2 is 1.56 bits per heavy atom. The van der Waals surface area contributed by atoms with E-state index in [1.54, 1.807) is 0 Å². The first-order chi connectivity index (χ1) is 7.92. The lowest BCUT2D eigenvalue weighted by Gasteiger charge is -2.38. The highest BCUT2D eigenvalue weighted by atomic mass is 14.9. The van der Waals surface area contributed by atoms with E-state index in [1.165, 1.54) is 44.9 Å². The topological polar surface area (TPSA) is 12.4 Å². The van der Waals surface area contributed by atoms with Gasteiger partial charge in [0.1, 0.15) is 0 Å². The number of rotatable bonds is 2. The molecule has 3 rings (SSSR count). The maximum atomic E-state index is 4.94. The molecular formula is C15H21N. The van der Waals surface area contributed by atoms with E-state index < -0.39 is 0 Å². The monoisotopic (exact) mass is 215 g/mol. The number of nitrogens with zero attached hydrogens (tertiary/aromatic N) is 1. The van der Waals surface area contributed by atoms with Gasteiger partial charge in [-0.1, -0.05) is 37.5 Å². The summed E-state index contributed by atoms with van der Waals surface area (Å²) in [5, 5.41) is 0. The van der Waals surface area contributed by atoms with E-state index in [2.05, 4.69) is 24.3 Å². The summed E-state index contributed by atoms with van der Waals surface area (Å²) in [6.07, 6.45) is 20.7. The maximum Gasteiger partial charge on any atom is 0.0846 e. The lowest BCUT2D eigenvalue weighted by molar-refractivity contribution is 0.228. The lowest BCUT2D eigenvalue weighted by atomic mass is 9.72. The van der Waals surface area contributed by atoms with E-state index in [4.69, 9.17) is 4.99 Å². The first kappa shape index (κ1) is 10.3. The van der Waals surface area contributed by atoms with E-state index >= 15 is 0 Å². The van der Waals surface area contributed by atoms with Gasteiger partial charge in [-0.25, -0.2) is 0 Å². The number of allylic oxidation sites excluding steroid dienone is 3. The van der Waals surface area contributed by atoms with Gasteiger partial charge in [-0.3, -0.25) is 4.99 Å². The zero-order valence-electron chi connectivity index (χ0n) is 9.94. The lowest BCUT2D eigenvalue weighted by Crippen LogP contribution is -2.37. The van der Waals surface area contributed by atoms with Gasteiger partial charge in [0, 0.05) is 6.21 Å². The van der Waals surface area contributed by atoms with Crippen LogP contribution in [-0.2, 0) is 0 Å². The zero-order valence-corrected chi connectivity index (χ0v) is 9.94. The standard InChI is InChI=1S/C15H21N/c1-3-7-13(8-4-1)15(14-9-10-14)11-5-2-6-12-16-15/h2,5-6,11-14H,1,3-4,7-10H2. The first-order valence-electron chi connectivity index (χ1n) is 6.81. The second-order valence-electron chi connectivity index (χ2n) is 5.52. The Labute approximate surface area is 98.3 Å². The van der Waals surface area contributed by atoms with Crippen LogP contribution in [0.2, 0.25) is 0 Å². The van der Waals surface area contributed by atoms with Crippen molar-refractivity contribution in [3.63, 3.8) is 0 Å². The minimum Gasteiger partial charge on any atom is -0.282 e. The average Bonchev–Trinajstić information content (AvgIpc) is 3.17. The quantitative estimate of drug-likeness (QED) is 0.662.